The van der Waals surface area contributed by atoms with Crippen molar-refractivity contribution in [3.05, 3.63) is 36.0 Å². The lowest BCUT2D eigenvalue weighted by molar-refractivity contribution is 0.0995. The number of aromatic amines is 1. The van der Waals surface area contributed by atoms with Crippen LogP contribution in [0, 0.1) is 0 Å². The van der Waals surface area contributed by atoms with Crippen LogP contribution in [0.5, 0.6) is 0 Å². The highest BCUT2D eigenvalue weighted by Gasteiger charge is 2.21. The van der Waals surface area contributed by atoms with Crippen LogP contribution < -0.4 is 5.32 Å². The highest BCUT2D eigenvalue weighted by molar-refractivity contribution is 8.02. The Bertz CT molecular complexity index is 842. The van der Waals surface area contributed by atoms with Crippen molar-refractivity contribution in [2.24, 2.45) is 0 Å². The molecule has 0 aliphatic rings. The van der Waals surface area contributed by atoms with Gasteiger partial charge in [0.15, 0.2) is 10.1 Å². The molecule has 2 N–H and O–H groups in total. The van der Waals surface area contributed by atoms with E-state index in [1.807, 2.05) is 31.2 Å². The number of hydrogen-bond acceptors (Lipinski definition) is 6. The molecule has 1 aromatic carbocycles. The number of fused-ring (bicyclic) bond motifs is 1. The van der Waals surface area contributed by atoms with Crippen LogP contribution in [0.2, 0.25) is 0 Å². The number of rotatable bonds is 7. The van der Waals surface area contributed by atoms with Gasteiger partial charge in [-0.1, -0.05) is 48.2 Å². The summed E-state index contributed by atoms with van der Waals surface area (Å²) in [6.07, 6.45) is 2.82. The van der Waals surface area contributed by atoms with E-state index in [2.05, 4.69) is 34.3 Å². The molecule has 0 fully saturated rings. The zero-order chi connectivity index (χ0) is 17.1. The topological polar surface area (TPSA) is 70.7 Å². The van der Waals surface area contributed by atoms with Gasteiger partial charge in [0.25, 0.3) is 0 Å². The number of ketones is 1. The van der Waals surface area contributed by atoms with Gasteiger partial charge in [-0.05, 0) is 26.3 Å². The Hall–Kier alpha value is -1.86. The van der Waals surface area contributed by atoms with E-state index in [-0.39, 0.29) is 11.0 Å². The molecule has 0 saturated carbocycles. The smallest absolute Gasteiger partial charge is 0.206 e. The lowest BCUT2D eigenvalue weighted by Crippen LogP contribution is -2.13. The summed E-state index contributed by atoms with van der Waals surface area (Å²) in [5.74, 6) is 0.101. The molecule has 0 radical (unpaired) electrons. The summed E-state index contributed by atoms with van der Waals surface area (Å²) in [5.41, 5.74) is 1.71. The third-order valence-electron chi connectivity index (χ3n) is 3.89. The van der Waals surface area contributed by atoms with Crippen LogP contribution in [-0.2, 0) is 0 Å². The summed E-state index contributed by atoms with van der Waals surface area (Å²) in [5, 5.41) is 13.2. The Morgan fingerprint density at radius 1 is 1.33 bits per heavy atom. The van der Waals surface area contributed by atoms with Gasteiger partial charge >= 0.3 is 0 Å². The molecule has 3 aromatic rings. The Balaban J connectivity index is 1.70. The van der Waals surface area contributed by atoms with Crippen LogP contribution in [0.15, 0.2) is 34.8 Å². The molecule has 0 bridgehead atoms. The molecule has 0 saturated heterocycles. The van der Waals surface area contributed by atoms with E-state index in [9.17, 15) is 4.79 Å². The maximum Gasteiger partial charge on any atom is 0.206 e. The Kier molecular flexibility index (Phi) is 5.20. The van der Waals surface area contributed by atoms with Crippen LogP contribution in [0.1, 0.15) is 37.6 Å². The van der Waals surface area contributed by atoms with Crippen molar-refractivity contribution in [2.45, 2.75) is 42.8 Å². The predicted octanol–water partition coefficient (Wildman–Crippen LogP) is 4.59. The maximum atomic E-state index is 12.8. The minimum atomic E-state index is -0.214. The van der Waals surface area contributed by atoms with E-state index in [1.54, 1.807) is 6.20 Å². The zero-order valence-electron chi connectivity index (χ0n) is 13.9. The summed E-state index contributed by atoms with van der Waals surface area (Å²) in [6.45, 7) is 6.14. The van der Waals surface area contributed by atoms with Crippen LogP contribution in [-0.4, -0.2) is 32.3 Å². The number of nitrogens with one attached hydrogen (secondary N) is 2. The van der Waals surface area contributed by atoms with Gasteiger partial charge in [0.05, 0.1) is 5.25 Å². The number of thioether (sulfide) groups is 1. The lowest BCUT2D eigenvalue weighted by atomic mass is 10.1. The molecular weight excluding hydrogens is 340 g/mol. The zero-order valence-corrected chi connectivity index (χ0v) is 15.5. The number of carbonyl (C=O) groups is 1. The largest absolute Gasteiger partial charge is 0.360 e. The van der Waals surface area contributed by atoms with Crippen LogP contribution in [0.25, 0.3) is 10.9 Å². The minimum Gasteiger partial charge on any atom is -0.360 e. The number of nitrogens with zero attached hydrogens (tertiary/aromatic N) is 2. The fraction of sp³-hybridized carbons (Fsp3) is 0.353. The molecular formula is C17H20N4OS2. The molecule has 0 unspecified atom stereocenters. The van der Waals surface area contributed by atoms with Gasteiger partial charge in [0, 0.05) is 28.7 Å². The highest BCUT2D eigenvalue weighted by Crippen LogP contribution is 2.31. The monoisotopic (exact) mass is 360 g/mol. The average Bonchev–Trinajstić information content (AvgIpc) is 3.20. The number of aromatic nitrogens is 3. The van der Waals surface area contributed by atoms with Gasteiger partial charge in [0.2, 0.25) is 5.13 Å². The number of carbonyl (C=O) groups excluding carboxylic acids is 1. The second kappa shape index (κ2) is 7.36. The Morgan fingerprint density at radius 3 is 2.92 bits per heavy atom. The first-order chi connectivity index (χ1) is 11.6. The maximum absolute atomic E-state index is 12.8. The van der Waals surface area contributed by atoms with E-state index in [0.717, 1.165) is 32.4 Å². The second-order valence-electron chi connectivity index (χ2n) is 5.70. The first-order valence-electron chi connectivity index (χ1n) is 7.95. The van der Waals surface area contributed by atoms with Gasteiger partial charge < -0.3 is 10.3 Å². The van der Waals surface area contributed by atoms with E-state index >= 15 is 0 Å². The number of para-hydroxylation sites is 1. The highest BCUT2D eigenvalue weighted by atomic mass is 32.2. The van der Waals surface area contributed by atoms with Crippen LogP contribution >= 0.6 is 23.1 Å². The third kappa shape index (κ3) is 3.62. The van der Waals surface area contributed by atoms with E-state index < -0.39 is 0 Å². The molecule has 2 aromatic heterocycles. The predicted molar refractivity (Wildman–Crippen MR) is 101 cm³/mol. The summed E-state index contributed by atoms with van der Waals surface area (Å²) in [6, 6.07) is 8.21. The van der Waals surface area contributed by atoms with E-state index in [1.165, 1.54) is 23.1 Å². The molecule has 126 valence electrons. The van der Waals surface area contributed by atoms with E-state index in [0.29, 0.717) is 6.04 Å². The van der Waals surface area contributed by atoms with Crippen molar-refractivity contribution < 1.29 is 4.79 Å². The van der Waals surface area contributed by atoms with Crippen molar-refractivity contribution in [3.63, 3.8) is 0 Å². The molecule has 5 nitrogen and oxygen atoms in total. The number of hydrogen-bond donors (Lipinski definition) is 2. The summed E-state index contributed by atoms with van der Waals surface area (Å²) in [4.78, 5) is 15.9. The molecule has 7 heteroatoms. The van der Waals surface area contributed by atoms with Crippen molar-refractivity contribution in [2.75, 3.05) is 5.32 Å². The molecule has 2 heterocycles. The van der Waals surface area contributed by atoms with E-state index in [4.69, 9.17) is 0 Å². The van der Waals surface area contributed by atoms with Crippen molar-refractivity contribution in [3.8, 4) is 0 Å². The summed E-state index contributed by atoms with van der Waals surface area (Å²) < 4.78 is 0.807. The normalized spacial score (nSPS) is 13.8. The molecule has 3 rings (SSSR count). The molecule has 0 aliphatic heterocycles. The first kappa shape index (κ1) is 17.0. The number of anilines is 1. The Morgan fingerprint density at radius 2 is 2.12 bits per heavy atom. The second-order valence-corrected chi connectivity index (χ2v) is 8.26. The quantitative estimate of drug-likeness (QED) is 0.476. The Labute approximate surface area is 149 Å². The summed E-state index contributed by atoms with van der Waals surface area (Å²) in [7, 11) is 0. The SMILES string of the molecule is CC[C@@H](C)Nc1nnc(S[C@H](C)C(=O)c2c[nH]c3ccccc23)s1. The average molecular weight is 361 g/mol. The van der Waals surface area contributed by atoms with Gasteiger partial charge in [-0.15, -0.1) is 10.2 Å². The minimum absolute atomic E-state index is 0.101. The van der Waals surface area contributed by atoms with Crippen LogP contribution in [0.3, 0.4) is 0 Å². The number of benzene rings is 1. The van der Waals surface area contributed by atoms with Gasteiger partial charge in [0.1, 0.15) is 0 Å². The standard InChI is InChI=1S/C17H20N4OS2/c1-4-10(2)19-16-20-21-17(24-16)23-11(3)15(22)13-9-18-14-8-6-5-7-12(13)14/h5-11,18H,4H2,1-3H3,(H,19,20)/t10-,11-/m1/s1. The fourth-order valence-corrected chi connectivity index (χ4v) is 4.40. The van der Waals surface area contributed by atoms with Gasteiger partial charge in [-0.3, -0.25) is 4.79 Å². The molecule has 0 aliphatic carbocycles. The van der Waals surface area contributed by atoms with Crippen LogP contribution in [0.4, 0.5) is 5.13 Å². The van der Waals surface area contributed by atoms with Crippen molar-refractivity contribution in [1.82, 2.24) is 15.2 Å². The van der Waals surface area contributed by atoms with Crippen molar-refractivity contribution >= 4 is 44.9 Å². The molecule has 0 spiro atoms. The third-order valence-corrected chi connectivity index (χ3v) is 5.93. The van der Waals surface area contributed by atoms with Gasteiger partial charge in [-0.2, -0.15) is 0 Å². The molecule has 2 atom stereocenters. The molecule has 0 amide bonds. The van der Waals surface area contributed by atoms with Crippen molar-refractivity contribution in [1.29, 1.82) is 0 Å². The lowest BCUT2D eigenvalue weighted by Gasteiger charge is -2.08. The number of H-pyrrole nitrogens is 1. The fourth-order valence-electron chi connectivity index (χ4n) is 2.33. The first-order valence-corrected chi connectivity index (χ1v) is 9.65. The number of Topliss-reactive ketones (excluding diaryl/α,β-unsaturated/α-hetero) is 1. The molecule has 24 heavy (non-hydrogen) atoms. The van der Waals surface area contributed by atoms with Gasteiger partial charge in [-0.25, -0.2) is 0 Å². The summed E-state index contributed by atoms with van der Waals surface area (Å²) >= 11 is 2.95.